The average Bonchev–Trinajstić information content (AvgIpc) is 4.13. The molecule has 0 N–H and O–H groups in total. The highest BCUT2D eigenvalue weighted by molar-refractivity contribution is 4.98. The topological polar surface area (TPSA) is 53.5 Å². The fourth-order valence-corrected chi connectivity index (χ4v) is 11.9. The molecule has 13 nitrogen and oxygen atoms in total. The van der Waals surface area contributed by atoms with E-state index in [1.54, 1.807) is 0 Å². The highest BCUT2D eigenvalue weighted by Gasteiger charge is 2.36. The molecule has 8 aliphatic rings. The minimum atomic E-state index is 0.261. The monoisotopic (exact) mass is 1100 g/mol. The van der Waals surface area contributed by atoms with Crippen molar-refractivity contribution in [3.05, 3.63) is 18.2 Å². The Hall–Kier alpha value is -1.23. The number of piperazine rings is 3. The number of hydrogen-bond acceptors (Lipinski definition) is 12. The molecule has 0 saturated carbocycles. The van der Waals surface area contributed by atoms with Gasteiger partial charge in [-0.2, -0.15) is 0 Å². The van der Waals surface area contributed by atoms with Gasteiger partial charge in [-0.05, 0) is 217 Å². The molecule has 462 valence electrons. The molecule has 0 spiro atoms. The molecule has 8 aliphatic heterocycles. The van der Waals surface area contributed by atoms with Crippen LogP contribution in [0.3, 0.4) is 0 Å². The zero-order valence-corrected chi connectivity index (χ0v) is 57.1. The van der Waals surface area contributed by atoms with Crippen LogP contribution in [-0.4, -0.2) is 268 Å². The van der Waals surface area contributed by atoms with E-state index in [0.717, 1.165) is 43.8 Å². The first-order valence-corrected chi connectivity index (χ1v) is 32.3. The molecule has 0 radical (unpaired) electrons. The van der Waals surface area contributed by atoms with E-state index in [4.69, 9.17) is 0 Å². The lowest BCUT2D eigenvalue weighted by Crippen LogP contribution is -2.59. The van der Waals surface area contributed by atoms with Crippen LogP contribution in [0.15, 0.2) is 12.4 Å². The summed E-state index contributed by atoms with van der Waals surface area (Å²) in [6.07, 6.45) is 13.7. The van der Waals surface area contributed by atoms with E-state index < -0.39 is 0 Å². The lowest BCUT2D eigenvalue weighted by atomic mass is 9.96. The van der Waals surface area contributed by atoms with Crippen molar-refractivity contribution in [1.82, 2.24) is 63.5 Å². The normalized spacial score (nSPS) is 25.2. The maximum Gasteiger partial charge on any atom is 0.122 e. The Morgan fingerprint density at radius 1 is 0.449 bits per heavy atom. The Labute approximate surface area is 487 Å². The van der Waals surface area contributed by atoms with E-state index in [-0.39, 0.29) is 5.54 Å². The van der Waals surface area contributed by atoms with Crippen LogP contribution in [0.4, 0.5) is 0 Å². The van der Waals surface area contributed by atoms with Crippen molar-refractivity contribution in [2.24, 2.45) is 0 Å². The SMILES string of the molecule is CC.CC.CC(C)(C)N1CCN2CCCC2C1.CC(C)(C)N1CCN2CCCCC2C1.CC(C)(C)N1CCn2ccnc2C1.CC(C)N1CCCN(C)CC1.CN1CCC(N(C)C(C)(C)C)C1.CN1CCN(C(C)(C)C)CC1. The van der Waals surface area contributed by atoms with Gasteiger partial charge in [-0.15, -0.1) is 0 Å². The second-order valence-electron chi connectivity index (χ2n) is 29.1. The Kier molecular flexibility index (Phi) is 32.3. The van der Waals surface area contributed by atoms with E-state index in [9.17, 15) is 0 Å². The molecule has 78 heavy (non-hydrogen) atoms. The Balaban J connectivity index is 0.000000316. The molecule has 3 atom stereocenters. The molecule has 1 aromatic rings. The van der Waals surface area contributed by atoms with Gasteiger partial charge in [0, 0.05) is 162 Å². The summed E-state index contributed by atoms with van der Waals surface area (Å²) in [5.74, 6) is 1.20. The lowest BCUT2D eigenvalue weighted by Gasteiger charge is -2.48. The largest absolute Gasteiger partial charge is 0.333 e. The number of likely N-dealkylation sites (tertiary alicyclic amines) is 1. The van der Waals surface area contributed by atoms with Gasteiger partial charge in [-0.3, -0.25) is 39.2 Å². The fraction of sp³-hybridized carbons (Fsp3) is 0.954. The Bertz CT molecular complexity index is 1670. The quantitative estimate of drug-likeness (QED) is 0.284. The van der Waals surface area contributed by atoms with Gasteiger partial charge >= 0.3 is 0 Å². The van der Waals surface area contributed by atoms with Gasteiger partial charge in [0.2, 0.25) is 0 Å². The molecule has 1 aromatic heterocycles. The molecule has 0 aromatic carbocycles. The minimum absolute atomic E-state index is 0.261. The van der Waals surface area contributed by atoms with Crippen molar-refractivity contribution in [1.29, 1.82) is 0 Å². The van der Waals surface area contributed by atoms with Crippen LogP contribution in [-0.2, 0) is 13.1 Å². The van der Waals surface area contributed by atoms with Crippen LogP contribution in [0, 0.1) is 0 Å². The number of likely N-dealkylation sites (N-methyl/N-ethyl adjacent to an activating group) is 4. The third kappa shape index (κ3) is 26.1. The average molecular weight is 1100 g/mol. The molecule has 0 amide bonds. The summed E-state index contributed by atoms with van der Waals surface area (Å²) in [6.45, 7) is 73.1. The van der Waals surface area contributed by atoms with Gasteiger partial charge in [0.05, 0.1) is 6.54 Å². The Morgan fingerprint density at radius 3 is 1.38 bits per heavy atom. The maximum absolute atomic E-state index is 4.34. The molecule has 7 saturated heterocycles. The molecule has 13 heteroatoms. The third-order valence-corrected chi connectivity index (χ3v) is 17.9. The lowest BCUT2D eigenvalue weighted by molar-refractivity contribution is 0.00573. The number of imidazole rings is 1. The first-order chi connectivity index (χ1) is 36.3. The number of aromatic nitrogens is 2. The summed E-state index contributed by atoms with van der Waals surface area (Å²) in [6, 6.07) is 3.21. The zero-order valence-electron chi connectivity index (χ0n) is 57.1. The molecule has 7 fully saturated rings. The molecule has 0 aliphatic carbocycles. The molecule has 0 bridgehead atoms. The van der Waals surface area contributed by atoms with Gasteiger partial charge in [-0.25, -0.2) is 4.98 Å². The van der Waals surface area contributed by atoms with Crippen LogP contribution >= 0.6 is 0 Å². The molecular weight excluding hydrogens is 963 g/mol. The van der Waals surface area contributed by atoms with E-state index in [1.165, 1.54) is 169 Å². The third-order valence-electron chi connectivity index (χ3n) is 17.9. The number of piperidine rings is 1. The summed E-state index contributed by atoms with van der Waals surface area (Å²) in [5.41, 5.74) is 1.67. The summed E-state index contributed by atoms with van der Waals surface area (Å²) >= 11 is 0. The highest BCUT2D eigenvalue weighted by Crippen LogP contribution is 2.27. The molecule has 9 heterocycles. The smallest absolute Gasteiger partial charge is 0.122 e. The van der Waals surface area contributed by atoms with E-state index in [0.29, 0.717) is 22.2 Å². The first kappa shape index (κ1) is 72.9. The summed E-state index contributed by atoms with van der Waals surface area (Å²) in [7, 11) is 8.85. The van der Waals surface area contributed by atoms with Crippen molar-refractivity contribution < 1.29 is 0 Å². The second-order valence-corrected chi connectivity index (χ2v) is 29.1. The van der Waals surface area contributed by atoms with Crippen LogP contribution < -0.4 is 0 Å². The minimum Gasteiger partial charge on any atom is -0.333 e. The molecule has 9 rings (SSSR count). The predicted molar refractivity (Wildman–Crippen MR) is 343 cm³/mol. The van der Waals surface area contributed by atoms with E-state index in [2.05, 4.69) is 216 Å². The van der Waals surface area contributed by atoms with E-state index >= 15 is 0 Å². The second kappa shape index (κ2) is 34.5. The molecule has 3 unspecified atom stereocenters. The van der Waals surface area contributed by atoms with Crippen molar-refractivity contribution >= 4 is 0 Å². The van der Waals surface area contributed by atoms with Crippen molar-refractivity contribution in [3.63, 3.8) is 0 Å². The van der Waals surface area contributed by atoms with Gasteiger partial charge < -0.3 is 19.3 Å². The predicted octanol–water partition coefficient (Wildman–Crippen LogP) is 10.6. The fourth-order valence-electron chi connectivity index (χ4n) is 11.9. The van der Waals surface area contributed by atoms with Crippen molar-refractivity contribution in [2.45, 2.75) is 255 Å². The van der Waals surface area contributed by atoms with E-state index in [1.807, 2.05) is 33.9 Å². The number of fused-ring (bicyclic) bond motifs is 3. The summed E-state index contributed by atoms with van der Waals surface area (Å²) in [5, 5.41) is 0. The van der Waals surface area contributed by atoms with Crippen LogP contribution in [0.5, 0.6) is 0 Å². The van der Waals surface area contributed by atoms with Crippen LogP contribution in [0.2, 0.25) is 0 Å². The van der Waals surface area contributed by atoms with Gasteiger partial charge in [0.25, 0.3) is 0 Å². The maximum atomic E-state index is 4.34. The molecular formula is C65H137N13. The van der Waals surface area contributed by atoms with Gasteiger partial charge in [0.15, 0.2) is 0 Å². The highest BCUT2D eigenvalue weighted by atomic mass is 15.3. The summed E-state index contributed by atoms with van der Waals surface area (Å²) < 4.78 is 2.24. The van der Waals surface area contributed by atoms with Gasteiger partial charge in [0.1, 0.15) is 5.82 Å². The zero-order chi connectivity index (χ0) is 59.2. The standard InChI is InChI=1S/C12H24N2.C11H22N2.C10H17N3.C10H22N2.2C9H20N2.2C2H6/c1-12(2,3)14-9-8-13-7-5-4-6-11(13)10-14;1-11(2,3)13-8-7-12-6-4-5-10(12)9-13;1-10(2,3)13-7-6-12-5-4-11-9(12)8-13;1-10(2,3)12(5)9-6-7-11(4)8-9;1-9(2,3)11-7-5-10(4)6-8-11;1-9(2)11-6-4-5-10(3)7-8-11;2*1-2/h11H,4-10H2,1-3H3;10H,4-9H2,1-3H3;4-5H,6-8H2,1-3H3;9H,6-8H2,1-5H3;5-8H2,1-4H3;9H,4-8H2,1-3H3;2*1-2H3. The number of rotatable bonds is 2. The Morgan fingerprint density at radius 2 is 0.910 bits per heavy atom. The number of hydrogen-bond donors (Lipinski definition) is 0. The van der Waals surface area contributed by atoms with Crippen LogP contribution in [0.25, 0.3) is 0 Å². The first-order valence-electron chi connectivity index (χ1n) is 32.3. The van der Waals surface area contributed by atoms with Crippen LogP contribution in [0.1, 0.15) is 196 Å². The number of nitrogens with zero attached hydrogens (tertiary/aromatic N) is 13. The van der Waals surface area contributed by atoms with Crippen molar-refractivity contribution in [3.8, 4) is 0 Å². The van der Waals surface area contributed by atoms with Gasteiger partial charge in [-0.1, -0.05) is 34.1 Å². The van der Waals surface area contributed by atoms with Crippen molar-refractivity contribution in [2.75, 3.05) is 153 Å². The summed E-state index contributed by atoms with van der Waals surface area (Å²) in [4.78, 5) is 32.3.